The molecular formula is C26H25NO3. The molecule has 4 nitrogen and oxygen atoms in total. The predicted molar refractivity (Wildman–Crippen MR) is 122 cm³/mol. The minimum Gasteiger partial charge on any atom is -0.496 e. The fourth-order valence-electron chi connectivity index (χ4n) is 3.80. The van der Waals surface area contributed by atoms with E-state index in [1.165, 1.54) is 5.56 Å². The van der Waals surface area contributed by atoms with Crippen LogP contribution in [-0.4, -0.2) is 33.6 Å². The van der Waals surface area contributed by atoms with Crippen molar-refractivity contribution in [2.75, 3.05) is 27.9 Å². The van der Waals surface area contributed by atoms with E-state index in [-0.39, 0.29) is 0 Å². The number of allylic oxidation sites excluding steroid dienone is 1. The second kappa shape index (κ2) is 8.87. The molecular weight excluding hydrogens is 374 g/mol. The number of methoxy groups -OCH3 is 3. The van der Waals surface area contributed by atoms with Gasteiger partial charge in [0.1, 0.15) is 5.75 Å². The lowest BCUT2D eigenvalue weighted by atomic mass is 9.88. The molecule has 1 heterocycles. The summed E-state index contributed by atoms with van der Waals surface area (Å²) in [7, 11) is 5.02. The number of benzene rings is 3. The summed E-state index contributed by atoms with van der Waals surface area (Å²) in [5.74, 6) is 2.28. The minimum absolute atomic E-state index is 0.704. The lowest BCUT2D eigenvalue weighted by Crippen LogP contribution is -2.15. The summed E-state index contributed by atoms with van der Waals surface area (Å²) in [6.45, 7) is 0.730. The first kappa shape index (κ1) is 19.8. The van der Waals surface area contributed by atoms with Crippen LogP contribution in [0.1, 0.15) is 22.3 Å². The van der Waals surface area contributed by atoms with Crippen LogP contribution in [-0.2, 0) is 6.42 Å². The Morgan fingerprint density at radius 2 is 1.47 bits per heavy atom. The highest BCUT2D eigenvalue weighted by Crippen LogP contribution is 2.36. The van der Waals surface area contributed by atoms with Crippen LogP contribution in [0.25, 0.3) is 11.6 Å². The van der Waals surface area contributed by atoms with E-state index in [1.54, 1.807) is 21.3 Å². The quantitative estimate of drug-likeness (QED) is 0.528. The van der Waals surface area contributed by atoms with Crippen molar-refractivity contribution in [1.29, 1.82) is 0 Å². The van der Waals surface area contributed by atoms with Gasteiger partial charge in [0.25, 0.3) is 0 Å². The molecule has 0 aliphatic carbocycles. The van der Waals surface area contributed by atoms with E-state index in [0.717, 1.165) is 52.4 Å². The van der Waals surface area contributed by atoms with Crippen molar-refractivity contribution in [2.24, 2.45) is 4.99 Å². The van der Waals surface area contributed by atoms with Gasteiger partial charge in [0.15, 0.2) is 11.5 Å². The maximum absolute atomic E-state index is 5.58. The van der Waals surface area contributed by atoms with Crippen LogP contribution < -0.4 is 14.2 Å². The Kier molecular flexibility index (Phi) is 5.84. The van der Waals surface area contributed by atoms with Crippen molar-refractivity contribution >= 4 is 17.4 Å². The van der Waals surface area contributed by atoms with Crippen LogP contribution >= 0.6 is 0 Å². The summed E-state index contributed by atoms with van der Waals surface area (Å²) >= 11 is 0. The molecule has 0 saturated carbocycles. The Morgan fingerprint density at radius 1 is 0.800 bits per heavy atom. The normalized spacial score (nSPS) is 13.3. The summed E-state index contributed by atoms with van der Waals surface area (Å²) in [4.78, 5) is 4.94. The molecule has 4 rings (SSSR count). The van der Waals surface area contributed by atoms with Crippen molar-refractivity contribution in [1.82, 2.24) is 0 Å². The van der Waals surface area contributed by atoms with Gasteiger partial charge < -0.3 is 14.2 Å². The van der Waals surface area contributed by atoms with Crippen molar-refractivity contribution < 1.29 is 14.2 Å². The number of aliphatic imine (C=N–C) groups is 1. The van der Waals surface area contributed by atoms with E-state index in [2.05, 4.69) is 30.3 Å². The maximum Gasteiger partial charge on any atom is 0.161 e. The fraction of sp³-hybridized carbons (Fsp3) is 0.192. The van der Waals surface area contributed by atoms with E-state index in [9.17, 15) is 0 Å². The highest BCUT2D eigenvalue weighted by Gasteiger charge is 2.22. The number of rotatable bonds is 6. The van der Waals surface area contributed by atoms with Crippen molar-refractivity contribution in [3.05, 3.63) is 89.0 Å². The Balaban J connectivity index is 1.92. The molecule has 0 unspecified atom stereocenters. The Hall–Kier alpha value is -3.53. The van der Waals surface area contributed by atoms with Crippen LogP contribution in [0.2, 0.25) is 0 Å². The Bertz CT molecular complexity index is 1100. The highest BCUT2D eigenvalue weighted by atomic mass is 16.5. The van der Waals surface area contributed by atoms with Crippen LogP contribution in [0, 0.1) is 0 Å². The van der Waals surface area contributed by atoms with Crippen molar-refractivity contribution in [3.8, 4) is 17.2 Å². The van der Waals surface area contributed by atoms with Crippen LogP contribution in [0.15, 0.2) is 71.7 Å². The first-order valence-electron chi connectivity index (χ1n) is 9.95. The highest BCUT2D eigenvalue weighted by molar-refractivity contribution is 6.36. The number of ether oxygens (including phenoxy) is 3. The molecule has 3 aromatic carbocycles. The van der Waals surface area contributed by atoms with Crippen LogP contribution in [0.4, 0.5) is 0 Å². The average molecular weight is 399 g/mol. The second-order valence-corrected chi connectivity index (χ2v) is 7.01. The van der Waals surface area contributed by atoms with Gasteiger partial charge in [-0.2, -0.15) is 0 Å². The topological polar surface area (TPSA) is 40.0 Å². The third kappa shape index (κ3) is 3.81. The average Bonchev–Trinajstić information content (AvgIpc) is 2.82. The predicted octanol–water partition coefficient (Wildman–Crippen LogP) is 5.30. The van der Waals surface area contributed by atoms with E-state index in [1.807, 2.05) is 42.5 Å². The molecule has 1 aliphatic rings. The lowest BCUT2D eigenvalue weighted by molar-refractivity contribution is 0.354. The zero-order valence-electron chi connectivity index (χ0n) is 17.5. The second-order valence-electron chi connectivity index (χ2n) is 7.01. The van der Waals surface area contributed by atoms with Gasteiger partial charge in [0.2, 0.25) is 0 Å². The molecule has 0 saturated heterocycles. The molecule has 0 amide bonds. The number of hydrogen-bond donors (Lipinski definition) is 0. The molecule has 0 bridgehead atoms. The number of hydrogen-bond acceptors (Lipinski definition) is 4. The molecule has 0 N–H and O–H groups in total. The molecule has 3 aromatic rings. The molecule has 0 spiro atoms. The molecule has 0 atom stereocenters. The largest absolute Gasteiger partial charge is 0.496 e. The molecule has 0 aromatic heterocycles. The van der Waals surface area contributed by atoms with Gasteiger partial charge in [-0.25, -0.2) is 0 Å². The molecule has 0 radical (unpaired) electrons. The molecule has 152 valence electrons. The Morgan fingerprint density at radius 3 is 2.20 bits per heavy atom. The van der Waals surface area contributed by atoms with E-state index in [0.29, 0.717) is 5.75 Å². The van der Waals surface area contributed by atoms with Gasteiger partial charge in [-0.05, 0) is 41.8 Å². The SMILES string of the molecule is COc1ccccc1/C=C(\C1=NCCc2cc(OC)c(OC)cc21)c1ccccc1. The van der Waals surface area contributed by atoms with Gasteiger partial charge in [-0.3, -0.25) is 4.99 Å². The van der Waals surface area contributed by atoms with E-state index >= 15 is 0 Å². The third-order valence-electron chi connectivity index (χ3n) is 5.29. The molecule has 1 aliphatic heterocycles. The van der Waals surface area contributed by atoms with Gasteiger partial charge in [0.05, 0.1) is 27.0 Å². The van der Waals surface area contributed by atoms with Crippen LogP contribution in [0.5, 0.6) is 17.2 Å². The Labute approximate surface area is 177 Å². The summed E-state index contributed by atoms with van der Waals surface area (Å²) in [6.07, 6.45) is 3.02. The monoisotopic (exact) mass is 399 g/mol. The van der Waals surface area contributed by atoms with E-state index in [4.69, 9.17) is 19.2 Å². The molecule has 30 heavy (non-hydrogen) atoms. The first-order chi connectivity index (χ1) is 14.7. The van der Waals surface area contributed by atoms with Gasteiger partial charge in [0, 0.05) is 23.2 Å². The van der Waals surface area contributed by atoms with Crippen molar-refractivity contribution in [3.63, 3.8) is 0 Å². The number of nitrogens with zero attached hydrogens (tertiary/aromatic N) is 1. The zero-order chi connectivity index (χ0) is 20.9. The number of para-hydroxylation sites is 1. The lowest BCUT2D eigenvalue weighted by Gasteiger charge is -2.22. The smallest absolute Gasteiger partial charge is 0.161 e. The summed E-state index contributed by atoms with van der Waals surface area (Å²) in [5.41, 5.74) is 6.39. The van der Waals surface area contributed by atoms with Crippen molar-refractivity contribution in [2.45, 2.75) is 6.42 Å². The van der Waals surface area contributed by atoms with Gasteiger partial charge in [-0.15, -0.1) is 0 Å². The maximum atomic E-state index is 5.58. The summed E-state index contributed by atoms with van der Waals surface area (Å²) < 4.78 is 16.7. The first-order valence-corrected chi connectivity index (χ1v) is 9.95. The standard InChI is InChI=1S/C26H25NO3/c1-28-23-12-8-7-11-20(23)15-21(18-9-5-4-6-10-18)26-22-17-25(30-3)24(29-2)16-19(22)13-14-27-26/h4-12,15-17H,13-14H2,1-3H3/b21-15-. The van der Waals surface area contributed by atoms with Crippen LogP contribution in [0.3, 0.4) is 0 Å². The van der Waals surface area contributed by atoms with Gasteiger partial charge >= 0.3 is 0 Å². The summed E-state index contributed by atoms with van der Waals surface area (Å²) in [6, 6.07) is 22.4. The number of fused-ring (bicyclic) bond motifs is 1. The molecule has 0 fully saturated rings. The zero-order valence-corrected chi connectivity index (χ0v) is 17.5. The third-order valence-corrected chi connectivity index (χ3v) is 5.29. The van der Waals surface area contributed by atoms with E-state index < -0.39 is 0 Å². The minimum atomic E-state index is 0.704. The van der Waals surface area contributed by atoms with Gasteiger partial charge in [-0.1, -0.05) is 48.5 Å². The molecule has 4 heteroatoms. The summed E-state index contributed by atoms with van der Waals surface area (Å²) in [5, 5.41) is 0. The fourth-order valence-corrected chi connectivity index (χ4v) is 3.80.